The van der Waals surface area contributed by atoms with Crippen LogP contribution in [0.5, 0.6) is 0 Å². The second-order valence-corrected chi connectivity index (χ2v) is 4.56. The molecule has 1 fully saturated rings. The van der Waals surface area contributed by atoms with Gasteiger partial charge in [0.25, 0.3) is 0 Å². The van der Waals surface area contributed by atoms with E-state index in [-0.39, 0.29) is 6.42 Å². The van der Waals surface area contributed by atoms with Gasteiger partial charge in [0.1, 0.15) is 24.4 Å². The van der Waals surface area contributed by atoms with Crippen LogP contribution in [0.25, 0.3) is 0 Å². The van der Waals surface area contributed by atoms with E-state index in [1.807, 2.05) is 0 Å². The predicted molar refractivity (Wildman–Crippen MR) is 63.9 cm³/mol. The third-order valence-electron chi connectivity index (χ3n) is 3.17. The van der Waals surface area contributed by atoms with Crippen molar-refractivity contribution in [2.75, 3.05) is 0 Å². The molecule has 1 saturated heterocycles. The fraction of sp³-hybridized carbons (Fsp3) is 0.462. The number of carbonyl (C=O) groups is 1. The number of esters is 1. The van der Waals surface area contributed by atoms with Crippen molar-refractivity contribution in [2.24, 2.45) is 0 Å². The Morgan fingerprint density at radius 1 is 1.16 bits per heavy atom. The molecule has 1 aliphatic rings. The van der Waals surface area contributed by atoms with Crippen molar-refractivity contribution in [3.05, 3.63) is 35.9 Å². The molecule has 1 aliphatic heterocycles. The number of rotatable bonds is 4. The van der Waals surface area contributed by atoms with Crippen LogP contribution in [0.3, 0.4) is 0 Å². The van der Waals surface area contributed by atoms with Crippen LogP contribution in [0.2, 0.25) is 0 Å². The SMILES string of the molecule is O=C1C[C@H](O)[C@H]([C@H](O)[C@@H](O)[C@@H](O)c2ccccc2)O1. The highest BCUT2D eigenvalue weighted by atomic mass is 16.6. The van der Waals surface area contributed by atoms with Gasteiger partial charge in [-0.15, -0.1) is 0 Å². The van der Waals surface area contributed by atoms with Crippen LogP contribution < -0.4 is 0 Å². The van der Waals surface area contributed by atoms with Crippen LogP contribution in [0, 0.1) is 0 Å². The first-order valence-corrected chi connectivity index (χ1v) is 5.97. The first-order valence-electron chi connectivity index (χ1n) is 5.97. The third-order valence-corrected chi connectivity index (χ3v) is 3.17. The minimum atomic E-state index is -1.56. The second-order valence-electron chi connectivity index (χ2n) is 4.56. The van der Waals surface area contributed by atoms with Gasteiger partial charge in [0, 0.05) is 0 Å². The summed E-state index contributed by atoms with van der Waals surface area (Å²) in [6.07, 6.45) is -7.08. The lowest BCUT2D eigenvalue weighted by Gasteiger charge is -2.27. The number of hydrogen-bond donors (Lipinski definition) is 4. The number of ether oxygens (including phenoxy) is 1. The van der Waals surface area contributed by atoms with E-state index >= 15 is 0 Å². The maximum Gasteiger partial charge on any atom is 0.309 e. The summed E-state index contributed by atoms with van der Waals surface area (Å²) in [6.45, 7) is 0. The number of carbonyl (C=O) groups excluding carboxylic acids is 1. The van der Waals surface area contributed by atoms with Gasteiger partial charge < -0.3 is 25.2 Å². The van der Waals surface area contributed by atoms with E-state index < -0.39 is 36.5 Å². The molecule has 1 aromatic carbocycles. The zero-order valence-electron chi connectivity index (χ0n) is 10.1. The summed E-state index contributed by atoms with van der Waals surface area (Å²) in [7, 11) is 0. The van der Waals surface area contributed by atoms with Crippen LogP contribution in [0.15, 0.2) is 30.3 Å². The standard InChI is InChI=1S/C13H16O6/c14-8-6-9(15)19-13(8)12(18)11(17)10(16)7-4-2-1-3-5-7/h1-5,8,10-14,16-18H,6H2/t8-,10-,11-,12+,13+/m0/s1. The quantitative estimate of drug-likeness (QED) is 0.528. The summed E-state index contributed by atoms with van der Waals surface area (Å²) in [4.78, 5) is 11.0. The van der Waals surface area contributed by atoms with E-state index in [1.165, 1.54) is 0 Å². The molecule has 0 radical (unpaired) electrons. The van der Waals surface area contributed by atoms with Gasteiger partial charge in [-0.3, -0.25) is 4.79 Å². The molecule has 1 heterocycles. The molecule has 5 atom stereocenters. The Morgan fingerprint density at radius 2 is 1.79 bits per heavy atom. The highest BCUT2D eigenvalue weighted by molar-refractivity contribution is 5.72. The van der Waals surface area contributed by atoms with E-state index in [0.29, 0.717) is 5.56 Å². The monoisotopic (exact) mass is 268 g/mol. The molecule has 4 N–H and O–H groups in total. The van der Waals surface area contributed by atoms with Crippen molar-refractivity contribution < 1.29 is 30.0 Å². The normalized spacial score (nSPS) is 27.7. The van der Waals surface area contributed by atoms with Gasteiger partial charge in [-0.25, -0.2) is 0 Å². The highest BCUT2D eigenvalue weighted by Crippen LogP contribution is 2.25. The summed E-state index contributed by atoms with van der Waals surface area (Å²) < 4.78 is 4.73. The van der Waals surface area contributed by atoms with Gasteiger partial charge in [0.05, 0.1) is 6.42 Å². The molecular formula is C13H16O6. The van der Waals surface area contributed by atoms with Crippen molar-refractivity contribution in [3.8, 4) is 0 Å². The van der Waals surface area contributed by atoms with Crippen molar-refractivity contribution in [3.63, 3.8) is 0 Å². The number of aliphatic hydroxyl groups is 4. The maximum absolute atomic E-state index is 11.0. The Kier molecular flexibility index (Phi) is 4.16. The Balaban J connectivity index is 2.07. The molecule has 6 nitrogen and oxygen atoms in total. The van der Waals surface area contributed by atoms with E-state index in [4.69, 9.17) is 4.74 Å². The van der Waals surface area contributed by atoms with Crippen molar-refractivity contribution in [2.45, 2.75) is 36.9 Å². The molecule has 6 heteroatoms. The first-order chi connectivity index (χ1) is 9.00. The second kappa shape index (κ2) is 5.66. The average molecular weight is 268 g/mol. The highest BCUT2D eigenvalue weighted by Gasteiger charge is 2.43. The number of cyclic esters (lactones) is 1. The molecule has 0 bridgehead atoms. The van der Waals surface area contributed by atoms with E-state index in [0.717, 1.165) is 0 Å². The number of hydrogen-bond acceptors (Lipinski definition) is 6. The Bertz CT molecular complexity index is 434. The summed E-state index contributed by atoms with van der Waals surface area (Å²) in [6, 6.07) is 8.31. The fourth-order valence-electron chi connectivity index (χ4n) is 2.09. The van der Waals surface area contributed by atoms with E-state index in [9.17, 15) is 25.2 Å². The summed E-state index contributed by atoms with van der Waals surface area (Å²) in [5.41, 5.74) is 0.424. The Morgan fingerprint density at radius 3 is 2.32 bits per heavy atom. The lowest BCUT2D eigenvalue weighted by molar-refractivity contribution is -0.157. The number of benzene rings is 1. The van der Waals surface area contributed by atoms with E-state index in [1.54, 1.807) is 30.3 Å². The fourth-order valence-corrected chi connectivity index (χ4v) is 2.09. The van der Waals surface area contributed by atoms with Crippen LogP contribution in [0.1, 0.15) is 18.1 Å². The van der Waals surface area contributed by atoms with E-state index in [2.05, 4.69) is 0 Å². The lowest BCUT2D eigenvalue weighted by Crippen LogP contribution is -2.45. The van der Waals surface area contributed by atoms with Gasteiger partial charge >= 0.3 is 5.97 Å². The van der Waals surface area contributed by atoms with Crippen LogP contribution in [0.4, 0.5) is 0 Å². The molecule has 2 rings (SSSR count). The molecule has 0 aliphatic carbocycles. The summed E-state index contributed by atoms with van der Waals surface area (Å²) in [5, 5.41) is 39.3. The minimum Gasteiger partial charge on any atom is -0.457 e. The number of aliphatic hydroxyl groups excluding tert-OH is 4. The summed E-state index contributed by atoms with van der Waals surface area (Å²) in [5.74, 6) is -0.641. The van der Waals surface area contributed by atoms with Crippen molar-refractivity contribution in [1.29, 1.82) is 0 Å². The van der Waals surface area contributed by atoms with Gasteiger partial charge in [-0.2, -0.15) is 0 Å². The zero-order chi connectivity index (χ0) is 14.0. The third kappa shape index (κ3) is 2.93. The van der Waals surface area contributed by atoms with Gasteiger partial charge in [-0.1, -0.05) is 30.3 Å². The molecule has 0 saturated carbocycles. The molecular weight excluding hydrogens is 252 g/mol. The Labute approximate surface area is 109 Å². The topological polar surface area (TPSA) is 107 Å². The molecule has 0 amide bonds. The van der Waals surface area contributed by atoms with Gasteiger partial charge in [-0.05, 0) is 5.56 Å². The first kappa shape index (κ1) is 14.0. The van der Waals surface area contributed by atoms with Crippen molar-refractivity contribution in [1.82, 2.24) is 0 Å². The molecule has 19 heavy (non-hydrogen) atoms. The molecule has 0 spiro atoms. The zero-order valence-corrected chi connectivity index (χ0v) is 10.1. The lowest BCUT2D eigenvalue weighted by atomic mass is 9.95. The van der Waals surface area contributed by atoms with Gasteiger partial charge in [0.2, 0.25) is 0 Å². The van der Waals surface area contributed by atoms with Crippen LogP contribution in [-0.2, 0) is 9.53 Å². The largest absolute Gasteiger partial charge is 0.457 e. The molecule has 0 aromatic heterocycles. The van der Waals surface area contributed by atoms with Gasteiger partial charge in [0.15, 0.2) is 6.10 Å². The van der Waals surface area contributed by atoms with Crippen LogP contribution >= 0.6 is 0 Å². The average Bonchev–Trinajstić information content (AvgIpc) is 2.76. The molecule has 104 valence electrons. The smallest absolute Gasteiger partial charge is 0.309 e. The summed E-state index contributed by atoms with van der Waals surface area (Å²) >= 11 is 0. The van der Waals surface area contributed by atoms with Crippen LogP contribution in [-0.4, -0.2) is 50.8 Å². The minimum absolute atomic E-state index is 0.226. The Hall–Kier alpha value is -1.47. The maximum atomic E-state index is 11.0. The molecule has 1 aromatic rings. The molecule has 0 unspecified atom stereocenters. The predicted octanol–water partition coefficient (Wildman–Crippen LogP) is -0.882. The van der Waals surface area contributed by atoms with Crippen molar-refractivity contribution >= 4 is 5.97 Å².